The first kappa shape index (κ1) is 27.8. The lowest BCUT2D eigenvalue weighted by molar-refractivity contribution is -0.119. The number of amides is 1. The fourth-order valence-corrected chi connectivity index (χ4v) is 6.62. The molecule has 0 spiro atoms. The Bertz CT molecular complexity index is 2040. The third kappa shape index (κ3) is 5.09. The van der Waals surface area contributed by atoms with Crippen LogP contribution in [0, 0.1) is 13.8 Å². The fraction of sp³-hybridized carbons (Fsp3) is 0.216. The van der Waals surface area contributed by atoms with E-state index in [0.29, 0.717) is 30.7 Å². The molecule has 7 heteroatoms. The van der Waals surface area contributed by atoms with Crippen LogP contribution in [-0.4, -0.2) is 27.9 Å². The SMILES string of the molecule is Cc1c(-c2ccc3c(c2)C=C(N)C3)cccc1-c1cccc(-c2ccn3c(=O)c(CNC[C@@H]4CCC(=O)N4)cnc3c2)c1C. The van der Waals surface area contributed by atoms with E-state index in [1.54, 1.807) is 10.6 Å². The lowest BCUT2D eigenvalue weighted by Crippen LogP contribution is -2.36. The van der Waals surface area contributed by atoms with Crippen LogP contribution >= 0.6 is 0 Å². The summed E-state index contributed by atoms with van der Waals surface area (Å²) in [4.78, 5) is 29.3. The van der Waals surface area contributed by atoms with E-state index in [1.165, 1.54) is 44.5 Å². The van der Waals surface area contributed by atoms with Gasteiger partial charge >= 0.3 is 0 Å². The van der Waals surface area contributed by atoms with E-state index in [9.17, 15) is 9.59 Å². The molecule has 220 valence electrons. The molecule has 0 radical (unpaired) electrons. The van der Waals surface area contributed by atoms with Crippen molar-refractivity contribution in [2.45, 2.75) is 45.7 Å². The molecule has 4 N–H and O–H groups in total. The van der Waals surface area contributed by atoms with Gasteiger partial charge in [-0.25, -0.2) is 4.98 Å². The van der Waals surface area contributed by atoms with Gasteiger partial charge in [-0.05, 0) is 100 Å². The zero-order valence-electron chi connectivity index (χ0n) is 25.0. The second-order valence-corrected chi connectivity index (χ2v) is 11.9. The van der Waals surface area contributed by atoms with Crippen molar-refractivity contribution in [2.24, 2.45) is 5.73 Å². The number of pyridine rings is 1. The maximum Gasteiger partial charge on any atom is 0.262 e. The molecule has 44 heavy (non-hydrogen) atoms. The summed E-state index contributed by atoms with van der Waals surface area (Å²) in [6, 6.07) is 23.6. The summed E-state index contributed by atoms with van der Waals surface area (Å²) in [6.07, 6.45) is 7.75. The molecule has 2 aliphatic rings. The van der Waals surface area contributed by atoms with Crippen LogP contribution < -0.4 is 21.9 Å². The van der Waals surface area contributed by atoms with E-state index in [-0.39, 0.29) is 17.5 Å². The fourth-order valence-electron chi connectivity index (χ4n) is 6.62. The smallest absolute Gasteiger partial charge is 0.262 e. The summed E-state index contributed by atoms with van der Waals surface area (Å²) in [5.74, 6) is 0.0865. The average molecular weight is 582 g/mol. The van der Waals surface area contributed by atoms with Crippen LogP contribution in [0.3, 0.4) is 0 Å². The van der Waals surface area contributed by atoms with Gasteiger partial charge in [0, 0.05) is 55.6 Å². The predicted molar refractivity (Wildman–Crippen MR) is 176 cm³/mol. The molecule has 7 nitrogen and oxygen atoms in total. The number of nitrogens with two attached hydrogens (primary N) is 1. The van der Waals surface area contributed by atoms with Crippen molar-refractivity contribution in [2.75, 3.05) is 6.54 Å². The van der Waals surface area contributed by atoms with Gasteiger partial charge in [0.15, 0.2) is 0 Å². The molecule has 1 saturated heterocycles. The van der Waals surface area contributed by atoms with Crippen LogP contribution in [-0.2, 0) is 17.8 Å². The third-order valence-corrected chi connectivity index (χ3v) is 9.03. The van der Waals surface area contributed by atoms with E-state index >= 15 is 0 Å². The van der Waals surface area contributed by atoms with Gasteiger partial charge in [-0.1, -0.05) is 48.5 Å². The standard InChI is InChI=1S/C37H35N5O2/c1-22-31(25-10-9-24-16-29(38)17-27(24)15-25)5-3-7-33(22)34-8-4-6-32(23(34)2)26-13-14-42-35(18-26)40-20-28(37(42)44)19-39-21-30-11-12-36(43)41-30/h3-10,13-15,17-18,20,30,39H,11-12,16,19,21,38H2,1-2H3,(H,41,43)/t30-/m0/s1. The minimum Gasteiger partial charge on any atom is -0.402 e. The number of allylic oxidation sites excluding steroid dienone is 1. The number of fused-ring (bicyclic) bond motifs is 2. The first-order valence-electron chi connectivity index (χ1n) is 15.2. The van der Waals surface area contributed by atoms with Crippen LogP contribution in [0.15, 0.2) is 89.6 Å². The number of hydrogen-bond donors (Lipinski definition) is 3. The molecule has 1 aliphatic carbocycles. The minimum absolute atomic E-state index is 0.0865. The van der Waals surface area contributed by atoms with Crippen LogP contribution in [0.2, 0.25) is 0 Å². The molecule has 1 aliphatic heterocycles. The first-order chi connectivity index (χ1) is 21.4. The van der Waals surface area contributed by atoms with Gasteiger partial charge in [0.1, 0.15) is 5.65 Å². The second kappa shape index (κ2) is 11.2. The summed E-state index contributed by atoms with van der Waals surface area (Å²) in [6.45, 7) is 5.38. The van der Waals surface area contributed by atoms with Crippen molar-refractivity contribution in [3.05, 3.63) is 123 Å². The summed E-state index contributed by atoms with van der Waals surface area (Å²) in [5, 5.41) is 6.23. The van der Waals surface area contributed by atoms with Gasteiger partial charge in [0.2, 0.25) is 5.91 Å². The van der Waals surface area contributed by atoms with Crippen molar-refractivity contribution in [1.82, 2.24) is 20.0 Å². The monoisotopic (exact) mass is 581 g/mol. The Morgan fingerprint density at radius 1 is 0.932 bits per heavy atom. The summed E-state index contributed by atoms with van der Waals surface area (Å²) in [7, 11) is 0. The number of hydrogen-bond acceptors (Lipinski definition) is 5. The highest BCUT2D eigenvalue weighted by Gasteiger charge is 2.20. The van der Waals surface area contributed by atoms with Gasteiger partial charge in [-0.15, -0.1) is 0 Å². The minimum atomic E-state index is -0.0906. The van der Waals surface area contributed by atoms with Crippen molar-refractivity contribution in [1.29, 1.82) is 0 Å². The molecule has 2 aromatic heterocycles. The quantitative estimate of drug-likeness (QED) is 0.234. The molecule has 1 amide bonds. The molecular weight excluding hydrogens is 546 g/mol. The number of aromatic nitrogens is 2. The zero-order chi connectivity index (χ0) is 30.4. The number of rotatable bonds is 7. The number of nitrogens with one attached hydrogen (secondary N) is 2. The van der Waals surface area contributed by atoms with E-state index in [1.807, 2.05) is 18.3 Å². The molecule has 5 aromatic rings. The van der Waals surface area contributed by atoms with E-state index in [2.05, 4.69) is 90.1 Å². The number of carbonyl (C=O) groups excluding carboxylic acids is 1. The molecule has 1 fully saturated rings. The Morgan fingerprint density at radius 2 is 1.64 bits per heavy atom. The zero-order valence-corrected chi connectivity index (χ0v) is 25.0. The third-order valence-electron chi connectivity index (χ3n) is 9.03. The molecule has 0 saturated carbocycles. The lowest BCUT2D eigenvalue weighted by Gasteiger charge is -2.17. The van der Waals surface area contributed by atoms with Gasteiger partial charge in [0.05, 0.1) is 0 Å². The average Bonchev–Trinajstić information content (AvgIpc) is 3.62. The molecule has 3 aromatic carbocycles. The Hall–Kier alpha value is -5.01. The molecular formula is C37H35N5O2. The predicted octanol–water partition coefficient (Wildman–Crippen LogP) is 5.54. The van der Waals surface area contributed by atoms with Crippen LogP contribution in [0.1, 0.15) is 40.7 Å². The Labute approximate surface area is 256 Å². The van der Waals surface area contributed by atoms with Crippen molar-refractivity contribution < 1.29 is 4.79 Å². The summed E-state index contributed by atoms with van der Waals surface area (Å²) < 4.78 is 1.60. The largest absolute Gasteiger partial charge is 0.402 e. The lowest BCUT2D eigenvalue weighted by atomic mass is 9.88. The molecule has 0 bridgehead atoms. The van der Waals surface area contributed by atoms with Gasteiger partial charge in [0.25, 0.3) is 5.56 Å². The Kier molecular flexibility index (Phi) is 7.10. The van der Waals surface area contributed by atoms with Gasteiger partial charge < -0.3 is 16.4 Å². The summed E-state index contributed by atoms with van der Waals surface area (Å²) in [5.41, 5.74) is 19.9. The van der Waals surface area contributed by atoms with E-state index < -0.39 is 0 Å². The number of carbonyl (C=O) groups is 1. The highest BCUT2D eigenvalue weighted by atomic mass is 16.2. The van der Waals surface area contributed by atoms with Crippen molar-refractivity contribution >= 4 is 17.6 Å². The number of benzene rings is 3. The molecule has 7 rings (SSSR count). The first-order valence-corrected chi connectivity index (χ1v) is 15.2. The highest BCUT2D eigenvalue weighted by molar-refractivity contribution is 5.85. The van der Waals surface area contributed by atoms with E-state index in [0.717, 1.165) is 29.7 Å². The highest BCUT2D eigenvalue weighted by Crippen LogP contribution is 2.38. The van der Waals surface area contributed by atoms with Crippen molar-refractivity contribution in [3.8, 4) is 33.4 Å². The molecule has 0 unspecified atom stereocenters. The Balaban J connectivity index is 1.17. The van der Waals surface area contributed by atoms with E-state index in [4.69, 9.17) is 5.73 Å². The topological polar surface area (TPSA) is 102 Å². The van der Waals surface area contributed by atoms with Crippen molar-refractivity contribution in [3.63, 3.8) is 0 Å². The summed E-state index contributed by atoms with van der Waals surface area (Å²) >= 11 is 0. The van der Waals surface area contributed by atoms with Gasteiger partial charge in [-0.3, -0.25) is 14.0 Å². The maximum absolute atomic E-state index is 13.2. The number of nitrogens with zero attached hydrogens (tertiary/aromatic N) is 2. The second-order valence-electron chi connectivity index (χ2n) is 11.9. The van der Waals surface area contributed by atoms with Crippen LogP contribution in [0.25, 0.3) is 45.1 Å². The van der Waals surface area contributed by atoms with Crippen LogP contribution in [0.4, 0.5) is 0 Å². The van der Waals surface area contributed by atoms with Crippen LogP contribution in [0.5, 0.6) is 0 Å². The van der Waals surface area contributed by atoms with Gasteiger partial charge in [-0.2, -0.15) is 0 Å². The normalized spacial score (nSPS) is 15.8. The Morgan fingerprint density at radius 3 is 2.34 bits per heavy atom. The molecule has 1 atom stereocenters. The maximum atomic E-state index is 13.2. The molecule has 3 heterocycles.